The summed E-state index contributed by atoms with van der Waals surface area (Å²) in [6.45, 7) is 8.06. The molecule has 1 unspecified atom stereocenters. The fraction of sp³-hybridized carbons (Fsp3) is 0.281. The second-order valence-corrected chi connectivity index (χ2v) is 12.4. The maximum Gasteiger partial charge on any atom is 0.324 e. The molecule has 4 rings (SSSR count). The second-order valence-electron chi connectivity index (χ2n) is 11.3. The summed E-state index contributed by atoms with van der Waals surface area (Å²) in [7, 11) is 1.72. The predicted molar refractivity (Wildman–Crippen MR) is 172 cm³/mol. The molecule has 0 radical (unpaired) electrons. The first-order chi connectivity index (χ1) is 20.4. The van der Waals surface area contributed by atoms with Gasteiger partial charge in [0.2, 0.25) is 5.28 Å². The Morgan fingerprint density at radius 2 is 1.56 bits per heavy atom. The maximum atomic E-state index is 15.6. The van der Waals surface area contributed by atoms with E-state index < -0.39 is 28.4 Å². The van der Waals surface area contributed by atoms with Gasteiger partial charge in [-0.25, -0.2) is 19.2 Å². The van der Waals surface area contributed by atoms with Crippen molar-refractivity contribution in [2.24, 2.45) is 5.41 Å². The number of hydrogen-bond donors (Lipinski definition) is 1. The van der Waals surface area contributed by atoms with Gasteiger partial charge in [-0.05, 0) is 47.2 Å². The molecule has 1 aromatic heterocycles. The number of benzene rings is 3. The number of nitrogens with one attached hydrogen (secondary N) is 1. The molecular formula is C32H35Cl2FN4O3Si. The molecule has 0 aliphatic carbocycles. The van der Waals surface area contributed by atoms with Crippen molar-refractivity contribution in [2.75, 3.05) is 12.0 Å². The third kappa shape index (κ3) is 6.26. The molecule has 0 aliphatic rings. The van der Waals surface area contributed by atoms with Crippen molar-refractivity contribution >= 4 is 45.4 Å². The Morgan fingerprint density at radius 3 is 2.02 bits per heavy atom. The number of carbonyl (C=O) groups excluding carboxylic acids is 1. The highest BCUT2D eigenvalue weighted by Gasteiger charge is 2.59. The lowest BCUT2D eigenvalue weighted by molar-refractivity contribution is -0.0441. The van der Waals surface area contributed by atoms with Crippen molar-refractivity contribution in [2.45, 2.75) is 45.4 Å². The van der Waals surface area contributed by atoms with Crippen LogP contribution in [0.3, 0.4) is 0 Å². The van der Waals surface area contributed by atoms with Gasteiger partial charge >= 0.3 is 6.03 Å². The number of rotatable bonds is 9. The average Bonchev–Trinajstić information content (AvgIpc) is 2.97. The summed E-state index contributed by atoms with van der Waals surface area (Å²) < 4.78 is 27.2. The molecule has 7 nitrogen and oxygen atoms in total. The number of aromatic nitrogens is 2. The summed E-state index contributed by atoms with van der Waals surface area (Å²) in [6.07, 6.45) is 1.41. The van der Waals surface area contributed by atoms with Gasteiger partial charge in [0.15, 0.2) is 5.82 Å². The van der Waals surface area contributed by atoms with Crippen LogP contribution in [-0.4, -0.2) is 39.3 Å². The minimum Gasteiger partial charge on any atom is -0.497 e. The molecule has 1 N–H and O–H groups in total. The van der Waals surface area contributed by atoms with Gasteiger partial charge in [-0.1, -0.05) is 93.0 Å². The van der Waals surface area contributed by atoms with E-state index in [1.54, 1.807) is 6.07 Å². The van der Waals surface area contributed by atoms with Crippen LogP contribution >= 0.6 is 23.2 Å². The first kappa shape index (κ1) is 32.4. The summed E-state index contributed by atoms with van der Waals surface area (Å²) in [6, 6.07) is 23.6. The van der Waals surface area contributed by atoms with Crippen LogP contribution in [0.1, 0.15) is 44.4 Å². The first-order valence-electron chi connectivity index (χ1n) is 13.6. The minimum absolute atomic E-state index is 0.000737. The van der Waals surface area contributed by atoms with Crippen molar-refractivity contribution in [3.63, 3.8) is 0 Å². The van der Waals surface area contributed by atoms with Crippen molar-refractivity contribution in [3.05, 3.63) is 118 Å². The number of anilines is 1. The standard InChI is InChI=1S/C32H35Cl2FN4O3Si/c1-30(2,3)32(22-12-8-6-9-13-22,23-14-10-7-11-15-23)31(4,42-43)38-29(40)39(20-21-19-36-28(34)37-27(21)33)26-17-16-24(41-5)18-25(26)35/h6-19H,20H2,1-5,43H3,(H,38,40). The first-order valence-corrected chi connectivity index (χ1v) is 15.2. The van der Waals surface area contributed by atoms with E-state index in [0.29, 0.717) is 11.3 Å². The molecule has 2 amide bonds. The Kier molecular flexibility index (Phi) is 9.81. The Bertz CT molecular complexity index is 1530. The van der Waals surface area contributed by atoms with E-state index in [1.165, 1.54) is 30.3 Å². The van der Waals surface area contributed by atoms with Gasteiger partial charge in [0.05, 0.1) is 24.8 Å². The van der Waals surface area contributed by atoms with E-state index in [-0.39, 0.29) is 33.2 Å². The van der Waals surface area contributed by atoms with Crippen molar-refractivity contribution in [1.29, 1.82) is 0 Å². The fourth-order valence-corrected chi connectivity index (χ4v) is 6.76. The maximum absolute atomic E-state index is 15.6. The van der Waals surface area contributed by atoms with Crippen LogP contribution in [0.2, 0.25) is 10.4 Å². The number of urea groups is 1. The highest BCUT2D eigenvalue weighted by atomic mass is 35.5. The Labute approximate surface area is 264 Å². The zero-order valence-corrected chi connectivity index (χ0v) is 28.5. The summed E-state index contributed by atoms with van der Waals surface area (Å²) in [4.78, 5) is 23.7. The van der Waals surface area contributed by atoms with Crippen LogP contribution in [0.5, 0.6) is 5.75 Å². The van der Waals surface area contributed by atoms with E-state index in [9.17, 15) is 4.79 Å². The zero-order chi connectivity index (χ0) is 31.4. The van der Waals surface area contributed by atoms with Crippen LogP contribution in [0.25, 0.3) is 0 Å². The number of ether oxygens (including phenoxy) is 1. The van der Waals surface area contributed by atoms with Crippen LogP contribution < -0.4 is 15.0 Å². The van der Waals surface area contributed by atoms with Gasteiger partial charge in [0.25, 0.3) is 0 Å². The molecule has 226 valence electrons. The van der Waals surface area contributed by atoms with Crippen molar-refractivity contribution in [1.82, 2.24) is 15.3 Å². The van der Waals surface area contributed by atoms with E-state index in [4.69, 9.17) is 32.4 Å². The van der Waals surface area contributed by atoms with E-state index in [2.05, 4.69) is 36.1 Å². The molecule has 43 heavy (non-hydrogen) atoms. The van der Waals surface area contributed by atoms with Gasteiger partial charge in [-0.3, -0.25) is 4.90 Å². The number of methoxy groups -OCH3 is 1. The summed E-state index contributed by atoms with van der Waals surface area (Å²) in [5.74, 6) is -0.357. The third-order valence-electron chi connectivity index (χ3n) is 7.81. The molecule has 0 fully saturated rings. The van der Waals surface area contributed by atoms with Crippen LogP contribution in [0, 0.1) is 11.2 Å². The molecule has 0 saturated carbocycles. The lowest BCUT2D eigenvalue weighted by Gasteiger charge is -2.56. The molecule has 1 heterocycles. The van der Waals surface area contributed by atoms with E-state index in [1.807, 2.05) is 67.6 Å². The Hall–Kier alpha value is -3.50. The number of halogens is 3. The van der Waals surface area contributed by atoms with Crippen LogP contribution in [0.15, 0.2) is 85.1 Å². The normalized spacial score (nSPS) is 13.3. The Morgan fingerprint density at radius 1 is 0.977 bits per heavy atom. The molecule has 4 aromatic rings. The predicted octanol–water partition coefficient (Wildman–Crippen LogP) is 6.69. The summed E-state index contributed by atoms with van der Waals surface area (Å²) in [5.41, 5.74) is -0.429. The van der Waals surface area contributed by atoms with Crippen LogP contribution in [-0.2, 0) is 16.4 Å². The van der Waals surface area contributed by atoms with Gasteiger partial charge in [0, 0.05) is 17.8 Å². The van der Waals surface area contributed by atoms with Gasteiger partial charge in [-0.15, -0.1) is 0 Å². The summed E-state index contributed by atoms with van der Waals surface area (Å²) >= 11 is 12.3. The fourth-order valence-electron chi connectivity index (χ4n) is 5.99. The number of carbonyl (C=O) groups is 1. The topological polar surface area (TPSA) is 76.6 Å². The minimum atomic E-state index is -1.31. The van der Waals surface area contributed by atoms with Gasteiger partial charge < -0.3 is 14.5 Å². The third-order valence-corrected chi connectivity index (χ3v) is 9.14. The van der Waals surface area contributed by atoms with Crippen molar-refractivity contribution < 1.29 is 18.3 Å². The summed E-state index contributed by atoms with van der Waals surface area (Å²) in [5, 5.41) is 3.19. The smallest absolute Gasteiger partial charge is 0.324 e. The van der Waals surface area contributed by atoms with E-state index in [0.717, 1.165) is 11.1 Å². The van der Waals surface area contributed by atoms with Crippen LogP contribution in [0.4, 0.5) is 14.9 Å². The second kappa shape index (κ2) is 13.0. The highest BCUT2D eigenvalue weighted by Crippen LogP contribution is 2.54. The molecule has 0 saturated heterocycles. The monoisotopic (exact) mass is 640 g/mol. The molecule has 11 heteroatoms. The SMILES string of the molecule is COc1ccc(N(Cc2cnc(Cl)nc2Cl)C(=O)NC(C)(O[SiH3])C(c2ccccc2)(c2ccccc2)C(C)(C)C)c(F)c1. The molecule has 0 bridgehead atoms. The molecule has 1 atom stereocenters. The van der Waals surface area contributed by atoms with Gasteiger partial charge in [0.1, 0.15) is 27.1 Å². The molecule has 0 aliphatic heterocycles. The number of nitrogens with zero attached hydrogens (tertiary/aromatic N) is 3. The van der Waals surface area contributed by atoms with E-state index >= 15 is 4.39 Å². The lowest BCUT2D eigenvalue weighted by atomic mass is 9.54. The molecule has 0 spiro atoms. The lowest BCUT2D eigenvalue weighted by Crippen LogP contribution is -2.68. The number of amides is 2. The van der Waals surface area contributed by atoms with Crippen molar-refractivity contribution in [3.8, 4) is 5.75 Å². The average molecular weight is 642 g/mol. The highest BCUT2D eigenvalue weighted by molar-refractivity contribution is 6.32. The van der Waals surface area contributed by atoms with Gasteiger partial charge in [-0.2, -0.15) is 0 Å². The Balaban J connectivity index is 1.91. The molecular weight excluding hydrogens is 606 g/mol. The number of hydrogen-bond acceptors (Lipinski definition) is 5. The zero-order valence-electron chi connectivity index (χ0n) is 25.0. The molecule has 3 aromatic carbocycles. The quantitative estimate of drug-likeness (QED) is 0.0954. The largest absolute Gasteiger partial charge is 0.497 e.